The van der Waals surface area contributed by atoms with E-state index in [0.717, 1.165) is 12.8 Å². The second-order valence-corrected chi connectivity index (χ2v) is 16.1. The topological polar surface area (TPSA) is 0 Å². The first kappa shape index (κ1) is 42.3. The molecule has 0 atom stereocenters. The zero-order valence-corrected chi connectivity index (χ0v) is 35.8. The zero-order valence-electron chi connectivity index (χ0n) is 31.7. The monoisotopic (exact) mass is 788 g/mol. The van der Waals surface area contributed by atoms with E-state index >= 15 is 0 Å². The Hall–Kier alpha value is -3.09. The third kappa shape index (κ3) is 10.3. The summed E-state index contributed by atoms with van der Waals surface area (Å²) in [4.78, 5) is 0. The largest absolute Gasteiger partial charge is 0.273 e. The van der Waals surface area contributed by atoms with Crippen LogP contribution >= 0.6 is 24.8 Å². The maximum atomic E-state index is 3.93. The van der Waals surface area contributed by atoms with Gasteiger partial charge in [0.05, 0.1) is 0 Å². The molecule has 0 N–H and O–H groups in total. The second kappa shape index (κ2) is 18.1. The van der Waals surface area contributed by atoms with Crippen LogP contribution in [-0.2, 0) is 41.5 Å². The quantitative estimate of drug-likeness (QED) is 0.157. The number of hydrogen-bond donors (Lipinski definition) is 0. The van der Waals surface area contributed by atoms with Crippen LogP contribution in [0.4, 0.5) is 0 Å². The molecule has 0 spiro atoms. The Bertz CT molecular complexity index is 1890. The van der Waals surface area contributed by atoms with Gasteiger partial charge in [0.15, 0.2) is 0 Å². The summed E-state index contributed by atoms with van der Waals surface area (Å²) in [5.41, 5.74) is 18.9. The molecule has 0 unspecified atom stereocenters. The summed E-state index contributed by atoms with van der Waals surface area (Å²) in [6, 6.07) is 37.4. The molecule has 0 amide bonds. The fraction of sp³-hybridized carbons (Fsp3) is 0.271. The number of rotatable bonds is 3. The molecule has 51 heavy (non-hydrogen) atoms. The summed E-state index contributed by atoms with van der Waals surface area (Å²) < 4.78 is 2.19. The molecule has 0 aliphatic heterocycles. The third-order valence-electron chi connectivity index (χ3n) is 9.36. The average molecular weight is 791 g/mol. The van der Waals surface area contributed by atoms with Crippen molar-refractivity contribution in [3.05, 3.63) is 166 Å². The molecule has 0 aromatic heterocycles. The Balaban J connectivity index is 0.000000366. The predicted molar refractivity (Wildman–Crippen MR) is 224 cm³/mol. The van der Waals surface area contributed by atoms with Gasteiger partial charge in [-0.25, -0.2) is 12.2 Å². The molecule has 3 heteroatoms. The van der Waals surface area contributed by atoms with Gasteiger partial charge in [0.25, 0.3) is 0 Å². The van der Waals surface area contributed by atoms with Crippen LogP contribution in [0.2, 0.25) is 0 Å². The molecule has 5 aromatic rings. The van der Waals surface area contributed by atoms with Gasteiger partial charge in [-0.15, -0.1) is 60.1 Å². The average Bonchev–Trinajstić information content (AvgIpc) is 3.76. The minimum absolute atomic E-state index is 0. The van der Waals surface area contributed by atoms with E-state index in [4.69, 9.17) is 0 Å². The van der Waals surface area contributed by atoms with E-state index in [1.807, 2.05) is 12.2 Å². The minimum Gasteiger partial charge on any atom is -0.273 e. The van der Waals surface area contributed by atoms with Gasteiger partial charge in [-0.3, -0.25) is 6.08 Å². The molecule has 2 aliphatic carbocycles. The summed E-state index contributed by atoms with van der Waals surface area (Å²) in [6.45, 7) is 20.5. The van der Waals surface area contributed by atoms with E-state index in [9.17, 15) is 0 Å². The van der Waals surface area contributed by atoms with E-state index < -0.39 is 0 Å². The summed E-state index contributed by atoms with van der Waals surface area (Å²) in [5.74, 6) is 0. The van der Waals surface area contributed by atoms with Crippen molar-refractivity contribution >= 4 is 28.5 Å². The Kier molecular flexibility index (Phi) is 15.0. The summed E-state index contributed by atoms with van der Waals surface area (Å²) in [5, 5.41) is 0. The summed E-state index contributed by atoms with van der Waals surface area (Å²) >= 11 is 1.47. The minimum atomic E-state index is 0. The first-order chi connectivity index (χ1) is 23.3. The Morgan fingerprint density at radius 2 is 1.20 bits per heavy atom. The normalized spacial score (nSPS) is 12.3. The number of allylic oxidation sites excluding steroid dienone is 4. The summed E-state index contributed by atoms with van der Waals surface area (Å²) in [7, 11) is 0. The molecule has 0 nitrogen and oxygen atoms in total. The molecular weight excluding hydrogens is 739 g/mol. The number of benzene rings is 5. The van der Waals surface area contributed by atoms with Crippen molar-refractivity contribution in [3.8, 4) is 33.4 Å². The molecule has 0 fully saturated rings. The van der Waals surface area contributed by atoms with Crippen LogP contribution < -0.4 is 0 Å². The summed E-state index contributed by atoms with van der Waals surface area (Å²) in [6.07, 6.45) is 10.9. The molecule has 0 saturated heterocycles. The van der Waals surface area contributed by atoms with Crippen molar-refractivity contribution in [2.24, 2.45) is 0 Å². The van der Waals surface area contributed by atoms with Crippen LogP contribution in [0.25, 0.3) is 33.4 Å². The van der Waals surface area contributed by atoms with Crippen LogP contribution in [0.5, 0.6) is 0 Å². The standard InChI is InChI=1S/C35H37.C8H8.C5H5.2ClH.Zr/c1-22-13-9-11-15-26(22)30-18-24-17-25-19-31(27-16-12-10-14-23(27)2)33(35(6,7)8)21-29(25)28(24)20-32(30)34(3,4)5;1-7-3-5-8(2)6-4-7;1-2-4-5-3-1;;;/h9-16,18,20-21H,17H2,1-8H3;1,3-6H,2H3;1-3H,4H2;2*1H;/q-1;;-1;;;+2. The van der Waals surface area contributed by atoms with E-state index in [-0.39, 0.29) is 35.6 Å². The van der Waals surface area contributed by atoms with Gasteiger partial charge >= 0.3 is 70.3 Å². The first-order valence-electron chi connectivity index (χ1n) is 17.5. The van der Waals surface area contributed by atoms with Crippen molar-refractivity contribution in [3.63, 3.8) is 0 Å². The van der Waals surface area contributed by atoms with Crippen LogP contribution in [0.15, 0.2) is 109 Å². The van der Waals surface area contributed by atoms with E-state index in [2.05, 4.69) is 175 Å². The number of fused-ring (bicyclic) bond motifs is 3. The van der Waals surface area contributed by atoms with Gasteiger partial charge in [0.1, 0.15) is 0 Å². The Morgan fingerprint density at radius 3 is 1.69 bits per heavy atom. The van der Waals surface area contributed by atoms with E-state index in [1.54, 1.807) is 0 Å². The predicted octanol–water partition coefficient (Wildman–Crippen LogP) is 13.4. The van der Waals surface area contributed by atoms with Gasteiger partial charge in [0, 0.05) is 0 Å². The van der Waals surface area contributed by atoms with Crippen molar-refractivity contribution in [2.75, 3.05) is 0 Å². The molecule has 0 saturated carbocycles. The maximum absolute atomic E-state index is 3.93. The third-order valence-corrected chi connectivity index (χ3v) is 10.2. The Morgan fingerprint density at radius 1 is 0.627 bits per heavy atom. The van der Waals surface area contributed by atoms with Crippen molar-refractivity contribution in [1.29, 1.82) is 0 Å². The van der Waals surface area contributed by atoms with Gasteiger partial charge in [-0.2, -0.15) is 6.08 Å². The molecule has 0 bridgehead atoms. The van der Waals surface area contributed by atoms with Gasteiger partial charge in [-0.1, -0.05) is 124 Å². The van der Waals surface area contributed by atoms with E-state index in [0.29, 0.717) is 0 Å². The van der Waals surface area contributed by atoms with Crippen LogP contribution in [0.1, 0.15) is 92.5 Å². The molecule has 7 rings (SSSR count). The van der Waals surface area contributed by atoms with Gasteiger partial charge in [-0.05, 0) is 58.9 Å². The first-order valence-corrected chi connectivity index (χ1v) is 18.9. The maximum Gasteiger partial charge on any atom is -0.0126 e. The number of aryl methyl sites for hydroxylation is 3. The number of hydrogen-bond acceptors (Lipinski definition) is 0. The molecule has 0 radical (unpaired) electrons. The van der Waals surface area contributed by atoms with E-state index in [1.165, 1.54) is 102 Å². The van der Waals surface area contributed by atoms with Crippen molar-refractivity contribution in [1.82, 2.24) is 0 Å². The van der Waals surface area contributed by atoms with Crippen molar-refractivity contribution in [2.45, 2.75) is 86.0 Å². The number of halogens is 2. The second-order valence-electron chi connectivity index (χ2n) is 15.4. The fourth-order valence-corrected chi connectivity index (χ4v) is 7.05. The Labute approximate surface area is 335 Å². The molecule has 5 aromatic carbocycles. The zero-order chi connectivity index (χ0) is 35.3. The molecule has 262 valence electrons. The van der Waals surface area contributed by atoms with Crippen molar-refractivity contribution < 1.29 is 24.2 Å². The SMILES string of the molecule is Cc1ccc([CH]=[Zr+2])cc1.Cc1ccccc1-c1[c-]c2c(cc1C(C)(C)C)-c1cc(C(C)(C)C)c(-c3ccccc3C)cc1C2.Cl.Cl.[C-]1=CC=CC1. The molecule has 2 aliphatic rings. The van der Waals surface area contributed by atoms with Crippen LogP contribution in [-0.4, -0.2) is 3.71 Å². The molecular formula is C48H52Cl2Zr. The van der Waals surface area contributed by atoms with Crippen LogP contribution in [0.3, 0.4) is 0 Å². The van der Waals surface area contributed by atoms with Gasteiger partial charge < -0.3 is 0 Å². The smallest absolute Gasteiger partial charge is 0.0126 e. The van der Waals surface area contributed by atoms with Gasteiger partial charge in [0.2, 0.25) is 0 Å². The van der Waals surface area contributed by atoms with Crippen LogP contribution in [0, 0.1) is 32.9 Å². The molecule has 0 heterocycles. The fourth-order valence-electron chi connectivity index (χ4n) is 6.58.